The summed E-state index contributed by atoms with van der Waals surface area (Å²) in [6.07, 6.45) is 4.96. The van der Waals surface area contributed by atoms with E-state index in [0.717, 1.165) is 37.2 Å². The summed E-state index contributed by atoms with van der Waals surface area (Å²) in [6, 6.07) is 6.81. The van der Waals surface area contributed by atoms with Crippen LogP contribution < -0.4 is 5.32 Å². The number of pyridine rings is 1. The van der Waals surface area contributed by atoms with Gasteiger partial charge in [-0.15, -0.1) is 0 Å². The van der Waals surface area contributed by atoms with E-state index in [4.69, 9.17) is 0 Å². The zero-order valence-electron chi connectivity index (χ0n) is 13.6. The van der Waals surface area contributed by atoms with E-state index in [1.807, 2.05) is 24.9 Å². The predicted molar refractivity (Wildman–Crippen MR) is 86.3 cm³/mol. The number of nitrogens with one attached hydrogen (secondary N) is 1. The largest absolute Gasteiger partial charge is 0.310 e. The maximum absolute atomic E-state index is 4.55. The molecule has 2 rings (SSSR count). The van der Waals surface area contributed by atoms with Crippen molar-refractivity contribution in [1.29, 1.82) is 0 Å². The molecule has 2 aromatic rings. The first-order valence-corrected chi connectivity index (χ1v) is 7.81. The van der Waals surface area contributed by atoms with Crippen molar-refractivity contribution in [3.63, 3.8) is 0 Å². The van der Waals surface area contributed by atoms with E-state index in [0.29, 0.717) is 6.04 Å². The molecule has 4 nitrogen and oxygen atoms in total. The Kier molecular flexibility index (Phi) is 5.51. The Morgan fingerprint density at radius 3 is 2.71 bits per heavy atom. The van der Waals surface area contributed by atoms with E-state index < -0.39 is 0 Å². The van der Waals surface area contributed by atoms with Crippen molar-refractivity contribution < 1.29 is 0 Å². The Bertz CT molecular complexity index is 574. The minimum absolute atomic E-state index is 0.312. The van der Waals surface area contributed by atoms with Gasteiger partial charge in [-0.05, 0) is 50.1 Å². The van der Waals surface area contributed by atoms with E-state index in [-0.39, 0.29) is 0 Å². The average molecular weight is 286 g/mol. The van der Waals surface area contributed by atoms with Crippen LogP contribution in [0, 0.1) is 6.92 Å². The lowest BCUT2D eigenvalue weighted by molar-refractivity contribution is 0.511. The molecule has 21 heavy (non-hydrogen) atoms. The Hall–Kier alpha value is -1.68. The van der Waals surface area contributed by atoms with Crippen molar-refractivity contribution in [1.82, 2.24) is 20.1 Å². The lowest BCUT2D eigenvalue weighted by Crippen LogP contribution is -2.25. The van der Waals surface area contributed by atoms with Gasteiger partial charge in [0.25, 0.3) is 0 Å². The minimum atomic E-state index is 0.312. The quantitative estimate of drug-likeness (QED) is 0.851. The molecule has 114 valence electrons. The van der Waals surface area contributed by atoms with Crippen LogP contribution in [0.1, 0.15) is 49.0 Å². The van der Waals surface area contributed by atoms with Crippen molar-refractivity contribution >= 4 is 0 Å². The van der Waals surface area contributed by atoms with Crippen LogP contribution in [0.4, 0.5) is 0 Å². The van der Waals surface area contributed by atoms with Gasteiger partial charge in [0.1, 0.15) is 0 Å². The van der Waals surface area contributed by atoms with E-state index in [9.17, 15) is 0 Å². The SMILES string of the molecule is CCCNC(Cc1cc(CC)nn1C)c1ccnc(C)c1. The number of aryl methyl sites for hydroxylation is 3. The molecule has 4 heteroatoms. The topological polar surface area (TPSA) is 42.7 Å². The zero-order valence-corrected chi connectivity index (χ0v) is 13.6. The molecule has 0 amide bonds. The second kappa shape index (κ2) is 7.36. The number of aromatic nitrogens is 3. The van der Waals surface area contributed by atoms with Gasteiger partial charge in [-0.3, -0.25) is 9.67 Å². The van der Waals surface area contributed by atoms with E-state index >= 15 is 0 Å². The van der Waals surface area contributed by atoms with Gasteiger partial charge in [0.2, 0.25) is 0 Å². The molecule has 0 aliphatic rings. The summed E-state index contributed by atoms with van der Waals surface area (Å²) in [6.45, 7) is 7.40. The lowest BCUT2D eigenvalue weighted by Gasteiger charge is -2.19. The summed E-state index contributed by atoms with van der Waals surface area (Å²) in [4.78, 5) is 4.30. The Labute approximate surface area is 127 Å². The van der Waals surface area contributed by atoms with Crippen molar-refractivity contribution in [2.24, 2.45) is 7.05 Å². The summed E-state index contributed by atoms with van der Waals surface area (Å²) in [5.41, 5.74) is 4.80. The third kappa shape index (κ3) is 4.14. The fourth-order valence-corrected chi connectivity index (χ4v) is 2.56. The van der Waals surface area contributed by atoms with Gasteiger partial charge in [0, 0.05) is 37.1 Å². The molecular weight excluding hydrogens is 260 g/mol. The van der Waals surface area contributed by atoms with Crippen LogP contribution in [0.2, 0.25) is 0 Å². The molecule has 0 aromatic carbocycles. The van der Waals surface area contributed by atoms with Crippen LogP contribution in [0.15, 0.2) is 24.4 Å². The standard InChI is InChI=1S/C17H26N4/c1-5-8-19-17(14-7-9-18-13(3)10-14)12-16-11-15(6-2)20-21(16)4/h7,9-11,17,19H,5-6,8,12H2,1-4H3. The Morgan fingerprint density at radius 1 is 1.29 bits per heavy atom. The summed E-state index contributed by atoms with van der Waals surface area (Å²) in [5.74, 6) is 0. The molecule has 1 N–H and O–H groups in total. The van der Waals surface area contributed by atoms with Gasteiger partial charge < -0.3 is 5.32 Å². The number of hydrogen-bond acceptors (Lipinski definition) is 3. The third-order valence-corrected chi connectivity index (χ3v) is 3.77. The highest BCUT2D eigenvalue weighted by Gasteiger charge is 2.15. The smallest absolute Gasteiger partial charge is 0.0624 e. The van der Waals surface area contributed by atoms with E-state index in [2.05, 4.69) is 47.4 Å². The molecule has 0 saturated heterocycles. The normalized spacial score (nSPS) is 12.6. The van der Waals surface area contributed by atoms with Crippen molar-refractivity contribution in [3.8, 4) is 0 Å². The molecule has 0 aliphatic carbocycles. The van der Waals surface area contributed by atoms with Crippen LogP contribution in [0.25, 0.3) is 0 Å². The molecular formula is C17H26N4. The highest BCUT2D eigenvalue weighted by molar-refractivity contribution is 5.22. The first-order chi connectivity index (χ1) is 10.1. The van der Waals surface area contributed by atoms with Gasteiger partial charge in [0.05, 0.1) is 5.69 Å². The van der Waals surface area contributed by atoms with Crippen molar-refractivity contribution in [2.75, 3.05) is 6.54 Å². The van der Waals surface area contributed by atoms with Crippen LogP contribution in [0.3, 0.4) is 0 Å². The van der Waals surface area contributed by atoms with Crippen LogP contribution >= 0.6 is 0 Å². The van der Waals surface area contributed by atoms with Crippen LogP contribution in [-0.2, 0) is 19.9 Å². The molecule has 0 bridgehead atoms. The second-order valence-electron chi connectivity index (χ2n) is 5.55. The Balaban J connectivity index is 2.21. The molecule has 0 aliphatic heterocycles. The summed E-state index contributed by atoms with van der Waals surface area (Å²) in [5, 5.41) is 8.20. The highest BCUT2D eigenvalue weighted by atomic mass is 15.3. The zero-order chi connectivity index (χ0) is 15.2. The second-order valence-corrected chi connectivity index (χ2v) is 5.55. The first-order valence-electron chi connectivity index (χ1n) is 7.81. The molecule has 0 saturated carbocycles. The van der Waals surface area contributed by atoms with Gasteiger partial charge >= 0.3 is 0 Å². The van der Waals surface area contributed by atoms with Gasteiger partial charge in [-0.1, -0.05) is 13.8 Å². The summed E-state index contributed by atoms with van der Waals surface area (Å²) < 4.78 is 2.01. The van der Waals surface area contributed by atoms with Gasteiger partial charge in [-0.2, -0.15) is 5.10 Å². The third-order valence-electron chi connectivity index (χ3n) is 3.77. The lowest BCUT2D eigenvalue weighted by atomic mass is 10.0. The molecule has 0 spiro atoms. The van der Waals surface area contributed by atoms with E-state index in [1.165, 1.54) is 11.3 Å². The maximum atomic E-state index is 4.55. The molecule has 0 fully saturated rings. The van der Waals surface area contributed by atoms with Crippen LogP contribution in [-0.4, -0.2) is 21.3 Å². The number of rotatable bonds is 7. The van der Waals surface area contributed by atoms with E-state index in [1.54, 1.807) is 0 Å². The molecule has 1 atom stereocenters. The Morgan fingerprint density at radius 2 is 2.10 bits per heavy atom. The van der Waals surface area contributed by atoms with Crippen molar-refractivity contribution in [3.05, 3.63) is 47.0 Å². The van der Waals surface area contributed by atoms with Gasteiger partial charge in [-0.25, -0.2) is 0 Å². The van der Waals surface area contributed by atoms with Gasteiger partial charge in [0.15, 0.2) is 0 Å². The fourth-order valence-electron chi connectivity index (χ4n) is 2.56. The molecule has 2 heterocycles. The van der Waals surface area contributed by atoms with Crippen LogP contribution in [0.5, 0.6) is 0 Å². The summed E-state index contributed by atoms with van der Waals surface area (Å²) >= 11 is 0. The number of hydrogen-bond donors (Lipinski definition) is 1. The monoisotopic (exact) mass is 286 g/mol. The molecule has 0 radical (unpaired) electrons. The molecule has 1 unspecified atom stereocenters. The molecule has 2 aromatic heterocycles. The minimum Gasteiger partial charge on any atom is -0.310 e. The number of nitrogens with zero attached hydrogens (tertiary/aromatic N) is 3. The average Bonchev–Trinajstić information content (AvgIpc) is 2.83. The predicted octanol–water partition coefficient (Wildman–Crippen LogP) is 2.97. The summed E-state index contributed by atoms with van der Waals surface area (Å²) in [7, 11) is 2.03. The van der Waals surface area contributed by atoms with Crippen molar-refractivity contribution in [2.45, 2.75) is 46.1 Å². The first kappa shape index (κ1) is 15.7. The highest BCUT2D eigenvalue weighted by Crippen LogP contribution is 2.19. The maximum Gasteiger partial charge on any atom is 0.0624 e. The fraction of sp³-hybridized carbons (Fsp3) is 0.529.